The van der Waals surface area contributed by atoms with E-state index in [9.17, 15) is 9.59 Å². The van der Waals surface area contributed by atoms with Gasteiger partial charge in [-0.1, -0.05) is 6.07 Å². The first-order chi connectivity index (χ1) is 8.22. The first-order valence-corrected chi connectivity index (χ1v) is 5.40. The third kappa shape index (κ3) is 1.75. The van der Waals surface area contributed by atoms with Gasteiger partial charge in [0.15, 0.2) is 0 Å². The lowest BCUT2D eigenvalue weighted by molar-refractivity contribution is -0.120. The molecule has 3 N–H and O–H groups in total. The van der Waals surface area contributed by atoms with Crippen LogP contribution in [0.3, 0.4) is 0 Å². The topological polar surface area (TPSA) is 74.0 Å². The highest BCUT2D eigenvalue weighted by molar-refractivity contribution is 6.04. The molecule has 1 aromatic heterocycles. The zero-order valence-corrected chi connectivity index (χ0v) is 8.99. The number of urea groups is 1. The molecule has 17 heavy (non-hydrogen) atoms. The molecule has 2 aromatic rings. The van der Waals surface area contributed by atoms with E-state index < -0.39 is 12.1 Å². The molecule has 0 spiro atoms. The predicted octanol–water partition coefficient (Wildman–Crippen LogP) is 0.918. The quantitative estimate of drug-likeness (QED) is 0.670. The smallest absolute Gasteiger partial charge is 0.322 e. The standard InChI is InChI=1S/C12H11N3O2/c16-11-10(14-12(17)15-11)6-7-1-2-9-8(5-7)3-4-13-9/h1-5,10,13H,6H2,(H2,14,15,16,17). The van der Waals surface area contributed by atoms with Crippen LogP contribution in [0.25, 0.3) is 10.9 Å². The summed E-state index contributed by atoms with van der Waals surface area (Å²) in [5.41, 5.74) is 2.09. The molecule has 86 valence electrons. The van der Waals surface area contributed by atoms with Crippen molar-refractivity contribution in [2.24, 2.45) is 0 Å². The van der Waals surface area contributed by atoms with Crippen LogP contribution in [-0.4, -0.2) is 23.0 Å². The highest BCUT2D eigenvalue weighted by Crippen LogP contribution is 2.16. The summed E-state index contributed by atoms with van der Waals surface area (Å²) in [4.78, 5) is 25.5. The van der Waals surface area contributed by atoms with Gasteiger partial charge in [-0.05, 0) is 29.1 Å². The van der Waals surface area contributed by atoms with E-state index in [-0.39, 0.29) is 5.91 Å². The van der Waals surface area contributed by atoms with Crippen molar-refractivity contribution in [3.05, 3.63) is 36.0 Å². The van der Waals surface area contributed by atoms with Gasteiger partial charge >= 0.3 is 6.03 Å². The number of nitrogens with one attached hydrogen (secondary N) is 3. The number of aromatic nitrogens is 1. The molecular weight excluding hydrogens is 218 g/mol. The summed E-state index contributed by atoms with van der Waals surface area (Å²) in [5.74, 6) is -0.260. The Morgan fingerprint density at radius 1 is 1.18 bits per heavy atom. The maximum absolute atomic E-state index is 11.4. The Hall–Kier alpha value is -2.30. The third-order valence-electron chi connectivity index (χ3n) is 2.92. The highest BCUT2D eigenvalue weighted by atomic mass is 16.2. The van der Waals surface area contributed by atoms with Crippen LogP contribution >= 0.6 is 0 Å². The van der Waals surface area contributed by atoms with Crippen molar-refractivity contribution in [1.82, 2.24) is 15.6 Å². The zero-order chi connectivity index (χ0) is 11.8. The summed E-state index contributed by atoms with van der Waals surface area (Å²) in [6.45, 7) is 0. The number of rotatable bonds is 2. The molecule has 3 amide bonds. The predicted molar refractivity (Wildman–Crippen MR) is 62.5 cm³/mol. The summed E-state index contributed by atoms with van der Waals surface area (Å²) in [7, 11) is 0. The molecule has 3 rings (SSSR count). The molecule has 5 nitrogen and oxygen atoms in total. The Morgan fingerprint density at radius 3 is 2.82 bits per heavy atom. The number of benzene rings is 1. The molecule has 1 aliphatic rings. The van der Waals surface area contributed by atoms with E-state index in [0.717, 1.165) is 16.5 Å². The van der Waals surface area contributed by atoms with Gasteiger partial charge < -0.3 is 10.3 Å². The minimum atomic E-state index is -0.459. The molecule has 2 heterocycles. The number of amides is 3. The summed E-state index contributed by atoms with van der Waals surface area (Å²) in [6.07, 6.45) is 2.39. The minimum absolute atomic E-state index is 0.260. The number of carbonyl (C=O) groups excluding carboxylic acids is 2. The lowest BCUT2D eigenvalue weighted by Gasteiger charge is -2.07. The maximum Gasteiger partial charge on any atom is 0.322 e. The molecule has 0 radical (unpaired) electrons. The molecule has 0 saturated carbocycles. The summed E-state index contributed by atoms with van der Waals surface area (Å²) >= 11 is 0. The fourth-order valence-corrected chi connectivity index (χ4v) is 2.07. The van der Waals surface area contributed by atoms with Crippen LogP contribution in [0.15, 0.2) is 30.5 Å². The Labute approximate surface area is 97.2 Å². The van der Waals surface area contributed by atoms with Crippen LogP contribution in [0.5, 0.6) is 0 Å². The van der Waals surface area contributed by atoms with Crippen molar-refractivity contribution in [3.8, 4) is 0 Å². The molecule has 0 bridgehead atoms. The Kier molecular flexibility index (Phi) is 2.11. The maximum atomic E-state index is 11.4. The molecular formula is C12H11N3O2. The van der Waals surface area contributed by atoms with E-state index in [1.165, 1.54) is 0 Å². The molecule has 1 saturated heterocycles. The number of hydrogen-bond donors (Lipinski definition) is 3. The van der Waals surface area contributed by atoms with Gasteiger partial charge in [0.2, 0.25) is 0 Å². The second kappa shape index (κ2) is 3.62. The van der Waals surface area contributed by atoms with Gasteiger partial charge in [0, 0.05) is 18.1 Å². The number of imide groups is 1. The summed E-state index contributed by atoms with van der Waals surface area (Å²) in [6, 6.07) is 7.05. The van der Waals surface area contributed by atoms with Crippen molar-refractivity contribution < 1.29 is 9.59 Å². The number of hydrogen-bond acceptors (Lipinski definition) is 2. The molecule has 1 aliphatic heterocycles. The number of H-pyrrole nitrogens is 1. The number of fused-ring (bicyclic) bond motifs is 1. The highest BCUT2D eigenvalue weighted by Gasteiger charge is 2.29. The van der Waals surface area contributed by atoms with E-state index in [1.54, 1.807) is 0 Å². The Balaban J connectivity index is 1.84. The van der Waals surface area contributed by atoms with Gasteiger partial charge in [0.25, 0.3) is 5.91 Å². The minimum Gasteiger partial charge on any atom is -0.361 e. The van der Waals surface area contributed by atoms with Crippen LogP contribution < -0.4 is 10.6 Å². The number of aromatic amines is 1. The second-order valence-corrected chi connectivity index (χ2v) is 4.12. The molecule has 1 unspecified atom stereocenters. The number of carbonyl (C=O) groups is 2. The SMILES string of the molecule is O=C1NC(=O)C(Cc2ccc3[nH]ccc3c2)N1. The van der Waals surface area contributed by atoms with Crippen LogP contribution in [0, 0.1) is 0 Å². The Morgan fingerprint density at radius 2 is 2.06 bits per heavy atom. The van der Waals surface area contributed by atoms with Crippen LogP contribution in [0.4, 0.5) is 4.79 Å². The molecule has 1 atom stereocenters. The van der Waals surface area contributed by atoms with Gasteiger partial charge in [-0.25, -0.2) is 4.79 Å². The van der Waals surface area contributed by atoms with Crippen LogP contribution in [0.2, 0.25) is 0 Å². The van der Waals surface area contributed by atoms with Crippen molar-refractivity contribution >= 4 is 22.8 Å². The van der Waals surface area contributed by atoms with Crippen LogP contribution in [0.1, 0.15) is 5.56 Å². The summed E-state index contributed by atoms with van der Waals surface area (Å²) in [5, 5.41) is 5.91. The molecule has 0 aliphatic carbocycles. The normalized spacial score (nSPS) is 19.4. The lowest BCUT2D eigenvalue weighted by Crippen LogP contribution is -2.31. The van der Waals surface area contributed by atoms with Gasteiger partial charge in [-0.3, -0.25) is 10.1 Å². The van der Waals surface area contributed by atoms with Gasteiger partial charge in [0.1, 0.15) is 6.04 Å². The molecule has 1 aromatic carbocycles. The Bertz CT molecular complexity index is 603. The van der Waals surface area contributed by atoms with E-state index in [4.69, 9.17) is 0 Å². The largest absolute Gasteiger partial charge is 0.361 e. The molecule has 1 fully saturated rings. The monoisotopic (exact) mass is 229 g/mol. The van der Waals surface area contributed by atoms with Gasteiger partial charge in [-0.2, -0.15) is 0 Å². The summed E-state index contributed by atoms with van der Waals surface area (Å²) < 4.78 is 0. The van der Waals surface area contributed by atoms with Crippen molar-refractivity contribution in [2.75, 3.05) is 0 Å². The average molecular weight is 229 g/mol. The van der Waals surface area contributed by atoms with Gasteiger partial charge in [-0.15, -0.1) is 0 Å². The molecule has 5 heteroatoms. The van der Waals surface area contributed by atoms with Crippen LogP contribution in [-0.2, 0) is 11.2 Å². The first-order valence-electron chi connectivity index (χ1n) is 5.40. The second-order valence-electron chi connectivity index (χ2n) is 4.12. The fourth-order valence-electron chi connectivity index (χ4n) is 2.07. The van der Waals surface area contributed by atoms with Crippen molar-refractivity contribution in [1.29, 1.82) is 0 Å². The van der Waals surface area contributed by atoms with E-state index in [1.807, 2.05) is 30.5 Å². The van der Waals surface area contributed by atoms with Gasteiger partial charge in [0.05, 0.1) is 0 Å². The van der Waals surface area contributed by atoms with E-state index in [0.29, 0.717) is 6.42 Å². The first kappa shape index (κ1) is 9.89. The fraction of sp³-hybridized carbons (Fsp3) is 0.167. The average Bonchev–Trinajstić information content (AvgIpc) is 2.85. The van der Waals surface area contributed by atoms with Crippen molar-refractivity contribution in [2.45, 2.75) is 12.5 Å². The van der Waals surface area contributed by atoms with E-state index >= 15 is 0 Å². The third-order valence-corrected chi connectivity index (χ3v) is 2.92. The van der Waals surface area contributed by atoms with E-state index in [2.05, 4.69) is 15.6 Å². The lowest BCUT2D eigenvalue weighted by atomic mass is 10.0. The zero-order valence-electron chi connectivity index (χ0n) is 8.99. The van der Waals surface area contributed by atoms with Crippen molar-refractivity contribution in [3.63, 3.8) is 0 Å².